The average molecular weight is 367 g/mol. The number of amides is 1. The number of benzene rings is 1. The molecule has 9 heteroatoms. The van der Waals surface area contributed by atoms with Crippen molar-refractivity contribution in [2.45, 2.75) is 6.04 Å². The Balaban J connectivity index is 0.00000225. The molecule has 1 fully saturated rings. The van der Waals surface area contributed by atoms with Crippen LogP contribution in [0.25, 0.3) is 0 Å². The second kappa shape index (κ2) is 8.00. The number of hydrogen-bond acceptors (Lipinski definition) is 5. The minimum atomic E-state index is -0.525. The lowest BCUT2D eigenvalue weighted by atomic mass is 10.0. The van der Waals surface area contributed by atoms with Crippen molar-refractivity contribution >= 4 is 24.0 Å². The van der Waals surface area contributed by atoms with E-state index >= 15 is 0 Å². The van der Waals surface area contributed by atoms with E-state index < -0.39 is 4.92 Å². The number of H-pyrrole nitrogens is 1. The van der Waals surface area contributed by atoms with E-state index in [1.165, 1.54) is 12.3 Å². The van der Waals surface area contributed by atoms with Gasteiger partial charge in [0.15, 0.2) is 0 Å². The van der Waals surface area contributed by atoms with Gasteiger partial charge in [0.2, 0.25) is 0 Å². The minimum absolute atomic E-state index is 0. The van der Waals surface area contributed by atoms with E-state index in [0.717, 1.165) is 5.56 Å². The van der Waals surface area contributed by atoms with Crippen LogP contribution in [-0.2, 0) is 0 Å². The zero-order chi connectivity index (χ0) is 17.1. The number of hydrogen-bond donors (Lipinski definition) is 2. The summed E-state index contributed by atoms with van der Waals surface area (Å²) < 4.78 is 5.41. The fraction of sp³-hybridized carbons (Fsp3) is 0.312. The molecule has 2 aromatic rings. The molecule has 1 aromatic carbocycles. The van der Waals surface area contributed by atoms with E-state index in [1.54, 1.807) is 12.0 Å². The highest BCUT2D eigenvalue weighted by Crippen LogP contribution is 2.31. The van der Waals surface area contributed by atoms with Crippen molar-refractivity contribution in [1.82, 2.24) is 15.2 Å². The van der Waals surface area contributed by atoms with Crippen molar-refractivity contribution < 1.29 is 14.5 Å². The van der Waals surface area contributed by atoms with Crippen molar-refractivity contribution in [3.63, 3.8) is 0 Å². The fourth-order valence-electron chi connectivity index (χ4n) is 2.93. The quantitative estimate of drug-likeness (QED) is 0.637. The van der Waals surface area contributed by atoms with Gasteiger partial charge in [0, 0.05) is 31.3 Å². The van der Waals surface area contributed by atoms with Crippen LogP contribution in [0.4, 0.5) is 5.69 Å². The van der Waals surface area contributed by atoms with Gasteiger partial charge in [-0.3, -0.25) is 14.9 Å². The highest BCUT2D eigenvalue weighted by Gasteiger charge is 2.31. The Morgan fingerprint density at radius 1 is 1.40 bits per heavy atom. The molecule has 8 nitrogen and oxygen atoms in total. The second-order valence-corrected chi connectivity index (χ2v) is 5.49. The third-order valence-corrected chi connectivity index (χ3v) is 4.11. The number of piperazine rings is 1. The molecule has 0 bridgehead atoms. The number of halogens is 1. The van der Waals surface area contributed by atoms with Crippen molar-refractivity contribution in [3.8, 4) is 5.75 Å². The van der Waals surface area contributed by atoms with Gasteiger partial charge in [0.1, 0.15) is 11.4 Å². The summed E-state index contributed by atoms with van der Waals surface area (Å²) in [7, 11) is 1.59. The number of methoxy groups -OCH3 is 1. The lowest BCUT2D eigenvalue weighted by Gasteiger charge is -2.36. The molecule has 1 unspecified atom stereocenters. The summed E-state index contributed by atoms with van der Waals surface area (Å²) in [5, 5.41) is 14.1. The molecule has 0 saturated carbocycles. The first-order valence-electron chi connectivity index (χ1n) is 7.59. The van der Waals surface area contributed by atoms with Gasteiger partial charge in [-0.05, 0) is 6.07 Å². The van der Waals surface area contributed by atoms with Crippen LogP contribution in [0.1, 0.15) is 22.1 Å². The van der Waals surface area contributed by atoms with Gasteiger partial charge in [-0.2, -0.15) is 0 Å². The van der Waals surface area contributed by atoms with Gasteiger partial charge in [0.05, 0.1) is 24.3 Å². The number of aromatic amines is 1. The molecule has 0 spiro atoms. The average Bonchev–Trinajstić information content (AvgIpc) is 3.11. The summed E-state index contributed by atoms with van der Waals surface area (Å²) in [6, 6.07) is 8.61. The standard InChI is InChI=1S/C16H18N4O4.ClH/c1-24-15-5-3-2-4-12(15)14-10-17-6-7-19(14)16(21)13-8-11(9-18-13)20(22)23;/h2-5,8-9,14,17-18H,6-7,10H2,1H3;1H. The predicted molar refractivity (Wildman–Crippen MR) is 94.3 cm³/mol. The van der Waals surface area contributed by atoms with Crippen LogP contribution in [0.5, 0.6) is 5.75 Å². The van der Waals surface area contributed by atoms with Gasteiger partial charge >= 0.3 is 0 Å². The lowest BCUT2D eigenvalue weighted by molar-refractivity contribution is -0.384. The zero-order valence-corrected chi connectivity index (χ0v) is 14.4. The van der Waals surface area contributed by atoms with E-state index in [-0.39, 0.29) is 35.7 Å². The SMILES string of the molecule is COc1ccccc1C1CNCCN1C(=O)c1cc([N+](=O)[O-])c[nH]1.Cl. The Kier molecular flexibility index (Phi) is 6.00. The first kappa shape index (κ1) is 18.8. The van der Waals surface area contributed by atoms with Crippen molar-refractivity contribution in [2.75, 3.05) is 26.7 Å². The van der Waals surface area contributed by atoms with Gasteiger partial charge < -0.3 is 19.9 Å². The summed E-state index contributed by atoms with van der Waals surface area (Å²) in [4.78, 5) is 27.5. The summed E-state index contributed by atoms with van der Waals surface area (Å²) >= 11 is 0. The summed E-state index contributed by atoms with van der Waals surface area (Å²) in [6.07, 6.45) is 1.23. The summed E-state index contributed by atoms with van der Waals surface area (Å²) in [5.41, 5.74) is 0.993. The number of rotatable bonds is 4. The Morgan fingerprint density at radius 3 is 2.84 bits per heavy atom. The normalized spacial score (nSPS) is 16.8. The molecule has 1 aliphatic rings. The molecule has 1 aromatic heterocycles. The number of nitrogens with zero attached hydrogens (tertiary/aromatic N) is 2. The molecule has 25 heavy (non-hydrogen) atoms. The smallest absolute Gasteiger partial charge is 0.287 e. The number of carbonyl (C=O) groups is 1. The third-order valence-electron chi connectivity index (χ3n) is 4.11. The molecular formula is C16H19ClN4O4. The van der Waals surface area contributed by atoms with Crippen LogP contribution in [0, 0.1) is 10.1 Å². The Bertz CT molecular complexity index is 764. The molecule has 134 valence electrons. The predicted octanol–water partition coefficient (Wildman–Crippen LogP) is 2.14. The maximum absolute atomic E-state index is 12.8. The Morgan fingerprint density at radius 2 is 2.16 bits per heavy atom. The molecule has 2 heterocycles. The Labute approximate surface area is 150 Å². The van der Waals surface area contributed by atoms with Crippen LogP contribution in [0.3, 0.4) is 0 Å². The molecule has 1 atom stereocenters. The molecule has 1 amide bonds. The molecule has 2 N–H and O–H groups in total. The third kappa shape index (κ3) is 3.75. The number of carbonyl (C=O) groups excluding carboxylic acids is 1. The van der Waals surface area contributed by atoms with Crippen LogP contribution < -0.4 is 10.1 Å². The van der Waals surface area contributed by atoms with E-state index in [1.807, 2.05) is 24.3 Å². The number of nitro groups is 1. The van der Waals surface area contributed by atoms with Crippen LogP contribution >= 0.6 is 12.4 Å². The first-order valence-corrected chi connectivity index (χ1v) is 7.59. The van der Waals surface area contributed by atoms with Crippen molar-refractivity contribution in [3.05, 3.63) is 57.9 Å². The maximum Gasteiger partial charge on any atom is 0.287 e. The molecular weight excluding hydrogens is 348 g/mol. The number of ether oxygens (including phenoxy) is 1. The maximum atomic E-state index is 12.8. The molecule has 0 aliphatic carbocycles. The van der Waals surface area contributed by atoms with Gasteiger partial charge in [-0.15, -0.1) is 12.4 Å². The van der Waals surface area contributed by atoms with E-state index in [0.29, 0.717) is 25.4 Å². The van der Waals surface area contributed by atoms with E-state index in [9.17, 15) is 14.9 Å². The molecule has 1 saturated heterocycles. The molecule has 1 aliphatic heterocycles. The van der Waals surface area contributed by atoms with E-state index in [4.69, 9.17) is 4.74 Å². The minimum Gasteiger partial charge on any atom is -0.496 e. The largest absolute Gasteiger partial charge is 0.496 e. The van der Waals surface area contributed by atoms with Gasteiger partial charge in [-0.1, -0.05) is 18.2 Å². The first-order chi connectivity index (χ1) is 11.6. The number of para-hydroxylation sites is 1. The second-order valence-electron chi connectivity index (χ2n) is 5.49. The lowest BCUT2D eigenvalue weighted by Crippen LogP contribution is -2.48. The monoisotopic (exact) mass is 366 g/mol. The fourth-order valence-corrected chi connectivity index (χ4v) is 2.93. The number of aromatic nitrogens is 1. The van der Waals surface area contributed by atoms with Crippen molar-refractivity contribution in [2.24, 2.45) is 0 Å². The van der Waals surface area contributed by atoms with Gasteiger partial charge in [0.25, 0.3) is 11.6 Å². The number of nitrogens with one attached hydrogen (secondary N) is 2. The zero-order valence-electron chi connectivity index (χ0n) is 13.6. The molecule has 3 rings (SSSR count). The highest BCUT2D eigenvalue weighted by atomic mass is 35.5. The Hall–Kier alpha value is -2.58. The summed E-state index contributed by atoms with van der Waals surface area (Å²) in [6.45, 7) is 1.77. The topological polar surface area (TPSA) is 100 Å². The van der Waals surface area contributed by atoms with Crippen LogP contribution in [0.15, 0.2) is 36.5 Å². The highest BCUT2D eigenvalue weighted by molar-refractivity contribution is 5.93. The van der Waals surface area contributed by atoms with E-state index in [2.05, 4.69) is 10.3 Å². The van der Waals surface area contributed by atoms with Gasteiger partial charge in [-0.25, -0.2) is 0 Å². The van der Waals surface area contributed by atoms with Crippen LogP contribution in [0.2, 0.25) is 0 Å². The molecule has 0 radical (unpaired) electrons. The van der Waals surface area contributed by atoms with Crippen LogP contribution in [-0.4, -0.2) is 47.5 Å². The summed E-state index contributed by atoms with van der Waals surface area (Å²) in [5.74, 6) is 0.446. The van der Waals surface area contributed by atoms with Crippen molar-refractivity contribution in [1.29, 1.82) is 0 Å².